The predicted octanol–water partition coefficient (Wildman–Crippen LogP) is 4.89. The van der Waals surface area contributed by atoms with E-state index in [-0.39, 0.29) is 23.4 Å². The number of carboxylic acid groups (broad SMARTS) is 1. The summed E-state index contributed by atoms with van der Waals surface area (Å²) in [7, 11) is 0. The van der Waals surface area contributed by atoms with E-state index in [0.29, 0.717) is 41.9 Å². The van der Waals surface area contributed by atoms with Gasteiger partial charge in [-0.2, -0.15) is 0 Å². The lowest BCUT2D eigenvalue weighted by Gasteiger charge is -2.59. The molecule has 0 heterocycles. The fraction of sp³-hybridized carbons (Fsp3) is 0.875. The van der Waals surface area contributed by atoms with Gasteiger partial charge in [0.2, 0.25) is 5.78 Å². The van der Waals surface area contributed by atoms with Crippen molar-refractivity contribution in [3.63, 3.8) is 0 Å². The normalized spacial score (nSPS) is 46.5. The van der Waals surface area contributed by atoms with Crippen LogP contribution in [0.2, 0.25) is 0 Å². The summed E-state index contributed by atoms with van der Waals surface area (Å²) in [6.45, 7) is 6.82. The molecule has 4 nitrogen and oxygen atoms in total. The van der Waals surface area contributed by atoms with Crippen LogP contribution in [0.1, 0.15) is 85.0 Å². The molecule has 1 unspecified atom stereocenters. The minimum Gasteiger partial charge on any atom is -0.481 e. The van der Waals surface area contributed by atoms with Gasteiger partial charge in [-0.25, -0.2) is 0 Å². The third-order valence-corrected chi connectivity index (χ3v) is 9.94. The molecule has 28 heavy (non-hydrogen) atoms. The molecule has 0 aliphatic heterocycles. The molecule has 0 aromatic rings. The highest BCUT2D eigenvalue weighted by Crippen LogP contribution is 2.67. The number of carbonyl (C=O) groups excluding carboxylic acids is 2. The summed E-state index contributed by atoms with van der Waals surface area (Å²) in [5.41, 5.74) is -0.156. The van der Waals surface area contributed by atoms with Crippen molar-refractivity contribution in [1.82, 2.24) is 0 Å². The summed E-state index contributed by atoms with van der Waals surface area (Å²) >= 11 is 0. The first-order valence-corrected chi connectivity index (χ1v) is 11.5. The van der Waals surface area contributed by atoms with Crippen LogP contribution >= 0.6 is 0 Å². The molecule has 4 rings (SSSR count). The smallest absolute Gasteiger partial charge is 0.303 e. The lowest BCUT2D eigenvalue weighted by molar-refractivity contribution is -0.163. The zero-order valence-corrected chi connectivity index (χ0v) is 17.7. The Morgan fingerprint density at radius 3 is 2.54 bits per heavy atom. The van der Waals surface area contributed by atoms with Gasteiger partial charge in [-0.3, -0.25) is 14.4 Å². The van der Waals surface area contributed by atoms with Crippen molar-refractivity contribution in [2.24, 2.45) is 46.3 Å². The minimum absolute atomic E-state index is 0.0635. The Kier molecular flexibility index (Phi) is 4.99. The molecule has 0 saturated heterocycles. The van der Waals surface area contributed by atoms with E-state index in [4.69, 9.17) is 5.11 Å². The number of hydrogen-bond acceptors (Lipinski definition) is 3. The first-order valence-electron chi connectivity index (χ1n) is 11.5. The third-order valence-electron chi connectivity index (χ3n) is 9.94. The summed E-state index contributed by atoms with van der Waals surface area (Å²) in [4.78, 5) is 36.4. The molecule has 0 bridgehead atoms. The molecular formula is C24H36O4. The van der Waals surface area contributed by atoms with Crippen molar-refractivity contribution in [3.8, 4) is 0 Å². The van der Waals surface area contributed by atoms with Crippen LogP contribution in [-0.4, -0.2) is 22.6 Å². The summed E-state index contributed by atoms with van der Waals surface area (Å²) in [6.07, 6.45) is 9.30. The molecular weight excluding hydrogens is 352 g/mol. The highest BCUT2D eigenvalue weighted by atomic mass is 16.4. The van der Waals surface area contributed by atoms with Gasteiger partial charge < -0.3 is 5.11 Å². The Labute approximate surface area is 168 Å². The van der Waals surface area contributed by atoms with Crippen LogP contribution in [0, 0.1) is 46.3 Å². The maximum absolute atomic E-state index is 13.0. The topological polar surface area (TPSA) is 71.4 Å². The van der Waals surface area contributed by atoms with Crippen molar-refractivity contribution < 1.29 is 19.5 Å². The number of fused-ring (bicyclic) bond motifs is 5. The van der Waals surface area contributed by atoms with Crippen LogP contribution in [-0.2, 0) is 14.4 Å². The van der Waals surface area contributed by atoms with Gasteiger partial charge in [0.1, 0.15) is 0 Å². The fourth-order valence-corrected chi connectivity index (χ4v) is 8.48. The van der Waals surface area contributed by atoms with Crippen LogP contribution in [0.4, 0.5) is 0 Å². The Balaban J connectivity index is 1.57. The number of carboxylic acids is 1. The van der Waals surface area contributed by atoms with Crippen LogP contribution in [0.3, 0.4) is 0 Å². The highest BCUT2D eigenvalue weighted by molar-refractivity contribution is 6.39. The molecule has 4 aliphatic carbocycles. The molecule has 0 amide bonds. The van der Waals surface area contributed by atoms with Crippen molar-refractivity contribution in [3.05, 3.63) is 0 Å². The Morgan fingerprint density at radius 2 is 1.82 bits per heavy atom. The maximum atomic E-state index is 13.0. The monoisotopic (exact) mass is 388 g/mol. The van der Waals surface area contributed by atoms with Crippen molar-refractivity contribution in [2.45, 2.75) is 85.0 Å². The molecule has 0 radical (unpaired) electrons. The molecule has 156 valence electrons. The summed E-state index contributed by atoms with van der Waals surface area (Å²) in [5, 5.41) is 9.08. The minimum atomic E-state index is -0.693. The van der Waals surface area contributed by atoms with E-state index in [1.54, 1.807) is 0 Å². The van der Waals surface area contributed by atoms with E-state index in [2.05, 4.69) is 20.8 Å². The Morgan fingerprint density at radius 1 is 1.07 bits per heavy atom. The van der Waals surface area contributed by atoms with Gasteiger partial charge in [-0.05, 0) is 92.3 Å². The average Bonchev–Trinajstić information content (AvgIpc) is 3.01. The van der Waals surface area contributed by atoms with Gasteiger partial charge in [-0.1, -0.05) is 20.8 Å². The molecule has 4 saturated carbocycles. The molecule has 0 aromatic heterocycles. The van der Waals surface area contributed by atoms with E-state index >= 15 is 0 Å². The summed E-state index contributed by atoms with van der Waals surface area (Å²) in [6, 6.07) is 0. The van der Waals surface area contributed by atoms with E-state index < -0.39 is 11.4 Å². The number of Topliss-reactive ketones (excluding diaryl/α,β-unsaturated/α-hetero) is 2. The molecule has 4 fully saturated rings. The lowest BCUT2D eigenvalue weighted by Crippen LogP contribution is -2.58. The summed E-state index contributed by atoms with van der Waals surface area (Å²) in [5.74, 6) is 2.11. The van der Waals surface area contributed by atoms with E-state index in [0.717, 1.165) is 32.1 Å². The van der Waals surface area contributed by atoms with Crippen molar-refractivity contribution >= 4 is 17.5 Å². The zero-order chi connectivity index (χ0) is 20.3. The van der Waals surface area contributed by atoms with Crippen LogP contribution < -0.4 is 0 Å². The van der Waals surface area contributed by atoms with E-state index in [1.807, 2.05) is 0 Å². The SMILES string of the molecule is C[C@H](CCC(=O)O)[C@H]1CC[C@H]2[C@@H]3CCC4CCC(=O)C(=O)[C@]4(C)[C@H]3CC[C@]12C. The van der Waals surface area contributed by atoms with E-state index in [1.165, 1.54) is 19.3 Å². The summed E-state index contributed by atoms with van der Waals surface area (Å²) < 4.78 is 0. The van der Waals surface area contributed by atoms with Gasteiger partial charge in [0, 0.05) is 18.3 Å². The second kappa shape index (κ2) is 6.95. The average molecular weight is 389 g/mol. The number of ketones is 2. The van der Waals surface area contributed by atoms with Crippen LogP contribution in [0.15, 0.2) is 0 Å². The maximum Gasteiger partial charge on any atom is 0.303 e. The number of hydrogen-bond donors (Lipinski definition) is 1. The van der Waals surface area contributed by atoms with Crippen LogP contribution in [0.5, 0.6) is 0 Å². The van der Waals surface area contributed by atoms with Gasteiger partial charge in [0.05, 0.1) is 0 Å². The van der Waals surface area contributed by atoms with Crippen molar-refractivity contribution in [1.29, 1.82) is 0 Å². The standard InChI is InChI=1S/C24H36O4/c1-14(4-11-21(26)27)17-8-9-18-16-7-5-15-6-10-20(25)22(28)24(15,3)19(16)12-13-23(17,18)2/h14-19H,4-13H2,1-3H3,(H,26,27)/t14-,15?,16+,17-,18+,19+,23-,24+/m1/s1. The molecule has 4 aliphatic rings. The van der Waals surface area contributed by atoms with Gasteiger partial charge in [0.15, 0.2) is 5.78 Å². The Bertz CT molecular complexity index is 684. The molecule has 8 atom stereocenters. The second-order valence-corrected chi connectivity index (χ2v) is 10.9. The largest absolute Gasteiger partial charge is 0.481 e. The number of aliphatic carboxylic acids is 1. The molecule has 4 heteroatoms. The van der Waals surface area contributed by atoms with Gasteiger partial charge in [-0.15, -0.1) is 0 Å². The highest BCUT2D eigenvalue weighted by Gasteiger charge is 2.63. The first-order chi connectivity index (χ1) is 13.2. The molecule has 0 spiro atoms. The first kappa shape index (κ1) is 20.1. The van der Waals surface area contributed by atoms with Crippen molar-refractivity contribution in [2.75, 3.05) is 0 Å². The van der Waals surface area contributed by atoms with Crippen LogP contribution in [0.25, 0.3) is 0 Å². The Hall–Kier alpha value is -1.19. The van der Waals surface area contributed by atoms with E-state index in [9.17, 15) is 14.4 Å². The lowest BCUT2D eigenvalue weighted by atomic mass is 9.44. The third kappa shape index (κ3) is 2.81. The number of rotatable bonds is 4. The van der Waals surface area contributed by atoms with Gasteiger partial charge >= 0.3 is 5.97 Å². The second-order valence-electron chi connectivity index (χ2n) is 10.9. The predicted molar refractivity (Wildman–Crippen MR) is 107 cm³/mol. The quantitative estimate of drug-likeness (QED) is 0.696. The zero-order valence-electron chi connectivity index (χ0n) is 17.7. The number of carbonyl (C=O) groups is 3. The molecule has 1 N–H and O–H groups in total. The van der Waals surface area contributed by atoms with Gasteiger partial charge in [0.25, 0.3) is 0 Å². The fourth-order valence-electron chi connectivity index (χ4n) is 8.48. The molecule has 0 aromatic carbocycles.